The van der Waals surface area contributed by atoms with Crippen LogP contribution in [0, 0.1) is 40.4 Å². The van der Waals surface area contributed by atoms with E-state index in [0.717, 1.165) is 35.2 Å². The predicted molar refractivity (Wildman–Crippen MR) is 114 cm³/mol. The first-order valence-corrected chi connectivity index (χ1v) is 12.4. The maximum Gasteiger partial charge on any atom is 0.251 e. The number of carbonyl (C=O) groups is 1. The van der Waals surface area contributed by atoms with Crippen molar-refractivity contribution in [3.05, 3.63) is 35.9 Å². The summed E-state index contributed by atoms with van der Waals surface area (Å²) in [5.74, 6) is 4.99. The van der Waals surface area contributed by atoms with Gasteiger partial charge in [0.2, 0.25) is 0 Å². The normalized spacial score (nSPS) is 51.4. The summed E-state index contributed by atoms with van der Waals surface area (Å²) in [5.41, 5.74) is 2.09. The molecule has 2 nitrogen and oxygen atoms in total. The van der Waals surface area contributed by atoms with E-state index in [4.69, 9.17) is 0 Å². The van der Waals surface area contributed by atoms with Gasteiger partial charge in [-0.1, -0.05) is 18.2 Å². The van der Waals surface area contributed by atoms with Crippen LogP contribution in [0.25, 0.3) is 0 Å². The average Bonchev–Trinajstić information content (AvgIpc) is 2.66. The van der Waals surface area contributed by atoms with E-state index in [9.17, 15) is 4.79 Å². The summed E-state index contributed by atoms with van der Waals surface area (Å²) < 4.78 is 0. The lowest BCUT2D eigenvalue weighted by Crippen LogP contribution is -2.68. The molecule has 0 saturated heterocycles. The Hall–Kier alpha value is -1.31. The molecule has 0 radical (unpaired) electrons. The summed E-state index contributed by atoms with van der Waals surface area (Å²) in [6.07, 6.45) is 17.4. The minimum Gasteiger partial charge on any atom is -0.347 e. The van der Waals surface area contributed by atoms with Gasteiger partial charge < -0.3 is 5.32 Å². The van der Waals surface area contributed by atoms with Crippen LogP contribution in [0.1, 0.15) is 87.4 Å². The number of hydrogen-bond acceptors (Lipinski definition) is 1. The monoisotopic (exact) mass is 389 g/mol. The maximum absolute atomic E-state index is 13.2. The number of benzene rings is 1. The first kappa shape index (κ1) is 17.4. The van der Waals surface area contributed by atoms with E-state index in [-0.39, 0.29) is 11.4 Å². The van der Waals surface area contributed by atoms with E-state index in [0.29, 0.717) is 10.8 Å². The minimum atomic E-state index is 0.0837. The summed E-state index contributed by atoms with van der Waals surface area (Å²) in [4.78, 5) is 13.2. The van der Waals surface area contributed by atoms with Crippen molar-refractivity contribution < 1.29 is 4.79 Å². The zero-order valence-corrected chi connectivity index (χ0v) is 17.7. The fourth-order valence-electron chi connectivity index (χ4n) is 10.7. The van der Waals surface area contributed by atoms with E-state index >= 15 is 0 Å². The SMILES string of the molecule is O=C(NC12CC3CC(C1)CC(C14CC5CC(CC(C5)C1)C4)(C3)C2)c1ccccc1. The molecule has 0 aromatic heterocycles. The predicted octanol–water partition coefficient (Wildman–Crippen LogP) is 5.97. The molecule has 2 atom stereocenters. The number of hydrogen-bond donors (Lipinski definition) is 1. The lowest BCUT2D eigenvalue weighted by atomic mass is 9.34. The fraction of sp³-hybridized carbons (Fsp3) is 0.741. The molecular formula is C27H35NO. The Morgan fingerprint density at radius 3 is 1.79 bits per heavy atom. The maximum atomic E-state index is 13.2. The highest BCUT2D eigenvalue weighted by Crippen LogP contribution is 2.75. The fourth-order valence-corrected chi connectivity index (χ4v) is 10.7. The third-order valence-electron chi connectivity index (χ3n) is 10.6. The molecule has 1 aromatic rings. The summed E-state index contributed by atoms with van der Waals surface area (Å²) in [6.45, 7) is 0. The molecule has 2 heteroatoms. The van der Waals surface area contributed by atoms with Gasteiger partial charge in [-0.25, -0.2) is 0 Å². The molecule has 8 fully saturated rings. The molecular weight excluding hydrogens is 354 g/mol. The molecule has 8 bridgehead atoms. The molecule has 2 unspecified atom stereocenters. The summed E-state index contributed by atoms with van der Waals surface area (Å²) in [5, 5.41) is 3.66. The molecule has 1 aromatic carbocycles. The van der Waals surface area contributed by atoms with Crippen molar-refractivity contribution in [3.63, 3.8) is 0 Å². The van der Waals surface area contributed by atoms with Crippen LogP contribution in [-0.2, 0) is 0 Å². The van der Waals surface area contributed by atoms with Crippen molar-refractivity contribution in [3.8, 4) is 0 Å². The first-order valence-electron chi connectivity index (χ1n) is 12.4. The van der Waals surface area contributed by atoms with Gasteiger partial charge in [-0.15, -0.1) is 0 Å². The highest BCUT2D eigenvalue weighted by atomic mass is 16.1. The summed E-state index contributed by atoms with van der Waals surface area (Å²) in [7, 11) is 0. The van der Waals surface area contributed by atoms with Crippen LogP contribution < -0.4 is 5.32 Å². The van der Waals surface area contributed by atoms with E-state index in [2.05, 4.69) is 5.32 Å². The molecule has 9 rings (SSSR count). The Balaban J connectivity index is 1.23. The number of carbonyl (C=O) groups excluding carboxylic acids is 1. The van der Waals surface area contributed by atoms with Gasteiger partial charge in [0.05, 0.1) is 0 Å². The quantitative estimate of drug-likeness (QED) is 0.678. The minimum absolute atomic E-state index is 0.0837. The van der Waals surface area contributed by atoms with E-state index < -0.39 is 0 Å². The van der Waals surface area contributed by atoms with Crippen LogP contribution in [0.2, 0.25) is 0 Å². The third kappa shape index (κ3) is 2.44. The molecule has 1 amide bonds. The Morgan fingerprint density at radius 1 is 0.690 bits per heavy atom. The van der Waals surface area contributed by atoms with Crippen LogP contribution in [0.4, 0.5) is 0 Å². The summed E-state index contributed by atoms with van der Waals surface area (Å²) >= 11 is 0. The van der Waals surface area contributed by atoms with Crippen molar-refractivity contribution in [1.29, 1.82) is 0 Å². The zero-order valence-electron chi connectivity index (χ0n) is 17.7. The number of rotatable bonds is 3. The van der Waals surface area contributed by atoms with Gasteiger partial charge in [0.1, 0.15) is 0 Å². The molecule has 29 heavy (non-hydrogen) atoms. The Labute approximate surface area is 175 Å². The molecule has 8 aliphatic rings. The lowest BCUT2D eigenvalue weighted by molar-refractivity contribution is -0.206. The smallest absolute Gasteiger partial charge is 0.251 e. The van der Waals surface area contributed by atoms with Gasteiger partial charge in [-0.05, 0) is 130 Å². The van der Waals surface area contributed by atoms with Gasteiger partial charge in [-0.3, -0.25) is 4.79 Å². The molecule has 8 aliphatic carbocycles. The third-order valence-corrected chi connectivity index (χ3v) is 10.6. The Morgan fingerprint density at radius 2 is 1.21 bits per heavy atom. The standard InChI is InChI=1S/C27H35NO/c29-24(23-4-2-1-3-5-23)28-27-15-21-9-22(16-27)14-26(13-21,17-27)25-10-18-6-19(11-25)8-20(7-18)12-25/h1-5,18-22H,6-17H2,(H,28,29). The van der Waals surface area contributed by atoms with Crippen molar-refractivity contribution in [1.82, 2.24) is 5.32 Å². The van der Waals surface area contributed by atoms with Crippen molar-refractivity contribution in [2.45, 2.75) is 82.6 Å². The van der Waals surface area contributed by atoms with Gasteiger partial charge in [-0.2, -0.15) is 0 Å². The molecule has 1 N–H and O–H groups in total. The number of amides is 1. The highest BCUT2D eigenvalue weighted by Gasteiger charge is 2.67. The van der Waals surface area contributed by atoms with Crippen LogP contribution >= 0.6 is 0 Å². The van der Waals surface area contributed by atoms with Gasteiger partial charge in [0.25, 0.3) is 5.91 Å². The van der Waals surface area contributed by atoms with Crippen LogP contribution in [-0.4, -0.2) is 11.4 Å². The second-order valence-electron chi connectivity index (χ2n) is 12.5. The molecule has 154 valence electrons. The number of nitrogens with one attached hydrogen (secondary N) is 1. The summed E-state index contributed by atoms with van der Waals surface area (Å²) in [6, 6.07) is 9.94. The molecule has 0 spiro atoms. The van der Waals surface area contributed by atoms with E-state index in [1.54, 1.807) is 0 Å². The highest BCUT2D eigenvalue weighted by molar-refractivity contribution is 5.94. The van der Waals surface area contributed by atoms with Crippen molar-refractivity contribution in [2.75, 3.05) is 0 Å². The van der Waals surface area contributed by atoms with E-state index in [1.165, 1.54) is 77.0 Å². The first-order chi connectivity index (χ1) is 14.0. The second-order valence-corrected chi connectivity index (χ2v) is 12.5. The molecule has 0 heterocycles. The Bertz CT molecular complexity index is 792. The van der Waals surface area contributed by atoms with E-state index in [1.807, 2.05) is 30.3 Å². The largest absolute Gasteiger partial charge is 0.347 e. The van der Waals surface area contributed by atoms with Crippen molar-refractivity contribution in [2.24, 2.45) is 40.4 Å². The van der Waals surface area contributed by atoms with Crippen molar-refractivity contribution >= 4 is 5.91 Å². The van der Waals surface area contributed by atoms with Crippen LogP contribution in [0.15, 0.2) is 30.3 Å². The molecule has 0 aliphatic heterocycles. The molecule has 8 saturated carbocycles. The van der Waals surface area contributed by atoms with Gasteiger partial charge >= 0.3 is 0 Å². The van der Waals surface area contributed by atoms with Crippen LogP contribution in [0.3, 0.4) is 0 Å². The van der Waals surface area contributed by atoms with Crippen LogP contribution in [0.5, 0.6) is 0 Å². The lowest BCUT2D eigenvalue weighted by Gasteiger charge is -2.72. The second kappa shape index (κ2) is 5.68. The topological polar surface area (TPSA) is 29.1 Å². The average molecular weight is 390 g/mol. The van der Waals surface area contributed by atoms with Gasteiger partial charge in [0.15, 0.2) is 0 Å². The Kier molecular flexibility index (Phi) is 3.40. The zero-order chi connectivity index (χ0) is 19.3. The van der Waals surface area contributed by atoms with Gasteiger partial charge in [0, 0.05) is 11.1 Å².